The number of nitrogens with zero attached hydrogens (tertiary/aromatic N) is 1. The lowest BCUT2D eigenvalue weighted by Crippen LogP contribution is -2.21. The zero-order chi connectivity index (χ0) is 19.2. The zero-order valence-electron chi connectivity index (χ0n) is 15.5. The van der Waals surface area contributed by atoms with Crippen LogP contribution in [0.2, 0.25) is 0 Å². The van der Waals surface area contributed by atoms with Gasteiger partial charge < -0.3 is 10.1 Å². The summed E-state index contributed by atoms with van der Waals surface area (Å²) in [5.74, 6) is -0.762. The predicted octanol–water partition coefficient (Wildman–Crippen LogP) is 3.97. The SMILES string of the molecule is Cc1ccc(C)c(NC(=O)COC(=O)CCc2ccc3ccccc3n2)c1. The van der Waals surface area contributed by atoms with Crippen molar-refractivity contribution >= 4 is 28.5 Å². The van der Waals surface area contributed by atoms with Crippen LogP contribution >= 0.6 is 0 Å². The Bertz CT molecular complexity index is 982. The number of rotatable bonds is 6. The number of hydrogen-bond donors (Lipinski definition) is 1. The molecule has 0 spiro atoms. The Morgan fingerprint density at radius 3 is 2.70 bits per heavy atom. The minimum atomic E-state index is -0.416. The molecule has 0 bridgehead atoms. The molecular weight excluding hydrogens is 340 g/mol. The van der Waals surface area contributed by atoms with Gasteiger partial charge in [0.25, 0.3) is 5.91 Å². The summed E-state index contributed by atoms with van der Waals surface area (Å²) in [6.07, 6.45) is 0.657. The first kappa shape index (κ1) is 18.6. The number of carbonyl (C=O) groups is 2. The van der Waals surface area contributed by atoms with Crippen LogP contribution in [-0.4, -0.2) is 23.5 Å². The van der Waals surface area contributed by atoms with Crippen molar-refractivity contribution in [3.8, 4) is 0 Å². The predicted molar refractivity (Wildman–Crippen MR) is 106 cm³/mol. The molecule has 5 heteroatoms. The molecular formula is C22H22N2O3. The van der Waals surface area contributed by atoms with E-state index in [4.69, 9.17) is 4.74 Å². The second-order valence-corrected chi connectivity index (χ2v) is 6.52. The maximum atomic E-state index is 12.0. The monoisotopic (exact) mass is 362 g/mol. The molecule has 138 valence electrons. The summed E-state index contributed by atoms with van der Waals surface area (Å²) in [7, 11) is 0. The first-order chi connectivity index (χ1) is 13.0. The van der Waals surface area contributed by atoms with Gasteiger partial charge in [0, 0.05) is 23.2 Å². The molecule has 0 fully saturated rings. The zero-order valence-corrected chi connectivity index (χ0v) is 15.5. The number of ether oxygens (including phenoxy) is 1. The summed E-state index contributed by atoms with van der Waals surface area (Å²) in [5, 5.41) is 3.83. The van der Waals surface area contributed by atoms with Gasteiger partial charge in [-0.25, -0.2) is 0 Å². The van der Waals surface area contributed by atoms with Gasteiger partial charge in [-0.1, -0.05) is 36.4 Å². The summed E-state index contributed by atoms with van der Waals surface area (Å²) < 4.78 is 5.08. The first-order valence-corrected chi connectivity index (χ1v) is 8.88. The van der Waals surface area contributed by atoms with E-state index in [-0.39, 0.29) is 18.9 Å². The molecule has 3 rings (SSSR count). The summed E-state index contributed by atoms with van der Waals surface area (Å²) in [5.41, 5.74) is 4.47. The molecule has 2 aromatic carbocycles. The first-order valence-electron chi connectivity index (χ1n) is 8.88. The van der Waals surface area contributed by atoms with E-state index in [0.717, 1.165) is 33.4 Å². The van der Waals surface area contributed by atoms with Gasteiger partial charge in [0.1, 0.15) is 0 Å². The Labute approximate surface area is 158 Å². The van der Waals surface area contributed by atoms with Gasteiger partial charge in [-0.3, -0.25) is 14.6 Å². The molecule has 0 aliphatic heterocycles. The lowest BCUT2D eigenvalue weighted by Gasteiger charge is -2.10. The third-order valence-corrected chi connectivity index (χ3v) is 4.27. The van der Waals surface area contributed by atoms with E-state index in [9.17, 15) is 9.59 Å². The number of hydrogen-bond acceptors (Lipinski definition) is 4. The van der Waals surface area contributed by atoms with Crippen LogP contribution in [0.1, 0.15) is 23.2 Å². The molecule has 1 heterocycles. The van der Waals surface area contributed by atoms with Gasteiger partial charge in [-0.15, -0.1) is 0 Å². The van der Waals surface area contributed by atoms with Crippen LogP contribution in [0.15, 0.2) is 54.6 Å². The number of esters is 1. The summed E-state index contributed by atoms with van der Waals surface area (Å²) in [6, 6.07) is 17.5. The summed E-state index contributed by atoms with van der Waals surface area (Å²) in [6.45, 7) is 3.57. The smallest absolute Gasteiger partial charge is 0.306 e. The normalized spacial score (nSPS) is 10.6. The molecule has 0 aliphatic carbocycles. The van der Waals surface area contributed by atoms with Gasteiger partial charge in [-0.2, -0.15) is 0 Å². The number of aryl methyl sites for hydroxylation is 3. The van der Waals surface area contributed by atoms with E-state index in [1.807, 2.05) is 68.4 Å². The average molecular weight is 362 g/mol. The van der Waals surface area contributed by atoms with E-state index >= 15 is 0 Å². The molecule has 0 unspecified atom stereocenters. The Balaban J connectivity index is 1.47. The fraction of sp³-hybridized carbons (Fsp3) is 0.227. The fourth-order valence-electron chi connectivity index (χ4n) is 2.75. The Hall–Kier alpha value is -3.21. The molecule has 1 aromatic heterocycles. The van der Waals surface area contributed by atoms with Gasteiger partial charge in [0.05, 0.1) is 11.9 Å². The number of pyridine rings is 1. The quantitative estimate of drug-likeness (QED) is 0.674. The van der Waals surface area contributed by atoms with Gasteiger partial charge in [0.2, 0.25) is 0 Å². The molecule has 0 aliphatic rings. The Morgan fingerprint density at radius 2 is 1.85 bits per heavy atom. The number of nitrogens with one attached hydrogen (secondary N) is 1. The maximum absolute atomic E-state index is 12.0. The largest absolute Gasteiger partial charge is 0.456 e. The molecule has 0 atom stereocenters. The standard InChI is InChI=1S/C22H22N2O3/c1-15-7-8-16(2)20(13-15)24-21(25)14-27-22(26)12-11-18-10-9-17-5-3-4-6-19(17)23-18/h3-10,13H,11-12,14H2,1-2H3,(H,24,25). The van der Waals surface area contributed by atoms with Crippen LogP contribution < -0.4 is 5.32 Å². The van der Waals surface area contributed by atoms with E-state index < -0.39 is 5.97 Å². The third kappa shape index (κ3) is 5.14. The van der Waals surface area contributed by atoms with Crippen LogP contribution in [0.25, 0.3) is 10.9 Å². The van der Waals surface area contributed by atoms with Gasteiger partial charge in [0.15, 0.2) is 6.61 Å². The van der Waals surface area contributed by atoms with E-state index in [2.05, 4.69) is 10.3 Å². The van der Waals surface area contributed by atoms with E-state index in [1.165, 1.54) is 0 Å². The highest BCUT2D eigenvalue weighted by Crippen LogP contribution is 2.16. The van der Waals surface area contributed by atoms with Crippen LogP contribution in [0.4, 0.5) is 5.69 Å². The van der Waals surface area contributed by atoms with Crippen molar-refractivity contribution in [2.24, 2.45) is 0 Å². The summed E-state index contributed by atoms with van der Waals surface area (Å²) in [4.78, 5) is 28.5. The van der Waals surface area contributed by atoms with Crippen molar-refractivity contribution in [2.45, 2.75) is 26.7 Å². The van der Waals surface area contributed by atoms with Crippen molar-refractivity contribution in [3.05, 3.63) is 71.4 Å². The molecule has 1 N–H and O–H groups in total. The Kier molecular flexibility index (Phi) is 5.81. The Morgan fingerprint density at radius 1 is 1.04 bits per heavy atom. The number of carbonyl (C=O) groups excluding carboxylic acids is 2. The summed E-state index contributed by atoms with van der Waals surface area (Å²) >= 11 is 0. The minimum absolute atomic E-state index is 0.183. The molecule has 0 radical (unpaired) electrons. The van der Waals surface area contributed by atoms with Crippen LogP contribution in [-0.2, 0) is 20.7 Å². The molecule has 1 amide bonds. The van der Waals surface area contributed by atoms with Crippen molar-refractivity contribution < 1.29 is 14.3 Å². The van der Waals surface area contributed by atoms with Gasteiger partial charge in [-0.05, 0) is 43.2 Å². The number of amides is 1. The maximum Gasteiger partial charge on any atom is 0.306 e. The van der Waals surface area contributed by atoms with Crippen LogP contribution in [0.3, 0.4) is 0 Å². The number of para-hydroxylation sites is 1. The highest BCUT2D eigenvalue weighted by atomic mass is 16.5. The number of anilines is 1. The number of benzene rings is 2. The highest BCUT2D eigenvalue weighted by Gasteiger charge is 2.10. The van der Waals surface area contributed by atoms with E-state index in [0.29, 0.717) is 6.42 Å². The molecule has 27 heavy (non-hydrogen) atoms. The highest BCUT2D eigenvalue weighted by molar-refractivity contribution is 5.93. The van der Waals surface area contributed by atoms with Crippen molar-refractivity contribution in [1.29, 1.82) is 0 Å². The molecule has 3 aromatic rings. The number of aromatic nitrogens is 1. The van der Waals surface area contributed by atoms with Crippen molar-refractivity contribution in [2.75, 3.05) is 11.9 Å². The lowest BCUT2D eigenvalue weighted by atomic mass is 10.1. The van der Waals surface area contributed by atoms with Crippen molar-refractivity contribution in [1.82, 2.24) is 4.98 Å². The van der Waals surface area contributed by atoms with Crippen LogP contribution in [0, 0.1) is 13.8 Å². The fourth-order valence-corrected chi connectivity index (χ4v) is 2.75. The molecule has 0 saturated heterocycles. The van der Waals surface area contributed by atoms with Crippen LogP contribution in [0.5, 0.6) is 0 Å². The van der Waals surface area contributed by atoms with E-state index in [1.54, 1.807) is 0 Å². The second kappa shape index (κ2) is 8.45. The topological polar surface area (TPSA) is 68.3 Å². The lowest BCUT2D eigenvalue weighted by molar-refractivity contribution is -0.147. The van der Waals surface area contributed by atoms with Crippen molar-refractivity contribution in [3.63, 3.8) is 0 Å². The number of fused-ring (bicyclic) bond motifs is 1. The minimum Gasteiger partial charge on any atom is -0.456 e. The average Bonchev–Trinajstić information content (AvgIpc) is 2.67. The second-order valence-electron chi connectivity index (χ2n) is 6.52. The molecule has 5 nitrogen and oxygen atoms in total. The third-order valence-electron chi connectivity index (χ3n) is 4.27. The van der Waals surface area contributed by atoms with Gasteiger partial charge >= 0.3 is 5.97 Å². The molecule has 0 saturated carbocycles.